The molecule has 0 aliphatic heterocycles. The number of benzene rings is 1. The number of alkyl carbamates (subject to hydrolysis) is 1. The van der Waals surface area contributed by atoms with Gasteiger partial charge >= 0.3 is 12.1 Å². The Kier molecular flexibility index (Phi) is 6.22. The smallest absolute Gasteiger partial charge is 0.408 e. The van der Waals surface area contributed by atoms with Crippen molar-refractivity contribution in [2.45, 2.75) is 45.8 Å². The van der Waals surface area contributed by atoms with Gasteiger partial charge in [0.1, 0.15) is 17.5 Å². The average Bonchev–Trinajstić information content (AvgIpc) is 2.88. The molecule has 10 heteroatoms. The lowest BCUT2D eigenvalue weighted by molar-refractivity contribution is -0.384. The van der Waals surface area contributed by atoms with Gasteiger partial charge in [-0.3, -0.25) is 10.1 Å². The van der Waals surface area contributed by atoms with Crippen LogP contribution in [0, 0.1) is 10.1 Å². The number of aromatic nitrogens is 2. The predicted molar refractivity (Wildman–Crippen MR) is 101 cm³/mol. The van der Waals surface area contributed by atoms with E-state index in [4.69, 9.17) is 9.47 Å². The number of nitro groups is 1. The molecule has 1 amide bonds. The first-order valence-corrected chi connectivity index (χ1v) is 8.77. The molecule has 1 heterocycles. The second-order valence-corrected chi connectivity index (χ2v) is 7.17. The molecule has 1 atom stereocenters. The highest BCUT2D eigenvalue weighted by atomic mass is 16.6. The Morgan fingerprint density at radius 1 is 1.36 bits per heavy atom. The molecule has 0 saturated carbocycles. The number of imidazole rings is 1. The zero-order valence-corrected chi connectivity index (χ0v) is 16.5. The third kappa shape index (κ3) is 5.18. The molecule has 1 unspecified atom stereocenters. The van der Waals surface area contributed by atoms with E-state index in [0.29, 0.717) is 16.9 Å². The molecule has 0 aliphatic rings. The van der Waals surface area contributed by atoms with Crippen LogP contribution in [0.4, 0.5) is 10.5 Å². The molecule has 1 aromatic carbocycles. The molecular formula is C18H24N4O6. The van der Waals surface area contributed by atoms with E-state index in [1.807, 2.05) is 0 Å². The standard InChI is InChI=1S/C18H24N4O6/c1-6-27-16(23)13(20-17(24)28-18(2,3)4)10-15-19-12-9-11(22(25)26)7-8-14(12)21(15)5/h7-9,13H,6,10H2,1-5H3,(H,20,24). The molecule has 2 rings (SSSR count). The summed E-state index contributed by atoms with van der Waals surface area (Å²) in [5.41, 5.74) is 0.290. The Balaban J connectivity index is 2.29. The number of ether oxygens (including phenoxy) is 2. The Hall–Kier alpha value is -3.17. The Morgan fingerprint density at radius 3 is 2.61 bits per heavy atom. The quantitative estimate of drug-likeness (QED) is 0.455. The minimum atomic E-state index is -1.01. The first-order chi connectivity index (χ1) is 13.0. The van der Waals surface area contributed by atoms with Crippen molar-refractivity contribution < 1.29 is 24.0 Å². The molecule has 0 radical (unpaired) electrons. The van der Waals surface area contributed by atoms with Crippen molar-refractivity contribution >= 4 is 28.8 Å². The topological polar surface area (TPSA) is 126 Å². The summed E-state index contributed by atoms with van der Waals surface area (Å²) in [7, 11) is 1.73. The van der Waals surface area contributed by atoms with E-state index >= 15 is 0 Å². The number of non-ortho nitro benzene ring substituents is 1. The van der Waals surface area contributed by atoms with Crippen LogP contribution in [0.15, 0.2) is 18.2 Å². The molecular weight excluding hydrogens is 368 g/mol. The number of nitrogens with one attached hydrogen (secondary N) is 1. The highest BCUT2D eigenvalue weighted by molar-refractivity contribution is 5.82. The van der Waals surface area contributed by atoms with Gasteiger partial charge in [0.2, 0.25) is 0 Å². The molecule has 1 N–H and O–H groups in total. The number of carbonyl (C=O) groups is 2. The third-order valence-corrected chi connectivity index (χ3v) is 3.82. The number of rotatable bonds is 6. The molecule has 0 fully saturated rings. The number of esters is 1. The summed E-state index contributed by atoms with van der Waals surface area (Å²) in [5, 5.41) is 13.5. The van der Waals surface area contributed by atoms with Crippen LogP contribution in [-0.4, -0.2) is 44.8 Å². The van der Waals surface area contributed by atoms with Crippen LogP contribution < -0.4 is 5.32 Å². The fourth-order valence-corrected chi connectivity index (χ4v) is 2.60. The summed E-state index contributed by atoms with van der Waals surface area (Å²) >= 11 is 0. The second-order valence-electron chi connectivity index (χ2n) is 7.17. The van der Waals surface area contributed by atoms with Crippen LogP contribution in [0.3, 0.4) is 0 Å². The number of carbonyl (C=O) groups excluding carboxylic acids is 2. The molecule has 0 spiro atoms. The molecule has 0 aliphatic carbocycles. The maximum absolute atomic E-state index is 12.3. The van der Waals surface area contributed by atoms with Gasteiger partial charge in [0.25, 0.3) is 5.69 Å². The van der Waals surface area contributed by atoms with Crippen LogP contribution in [0.2, 0.25) is 0 Å². The van der Waals surface area contributed by atoms with E-state index in [9.17, 15) is 19.7 Å². The van der Waals surface area contributed by atoms with E-state index < -0.39 is 28.6 Å². The number of nitro benzene ring substituents is 1. The third-order valence-electron chi connectivity index (χ3n) is 3.82. The van der Waals surface area contributed by atoms with Crippen LogP contribution in [-0.2, 0) is 27.7 Å². The van der Waals surface area contributed by atoms with Gasteiger partial charge in [0.05, 0.1) is 22.6 Å². The van der Waals surface area contributed by atoms with Gasteiger partial charge in [-0.2, -0.15) is 0 Å². The predicted octanol–water partition coefficient (Wildman–Crippen LogP) is 2.48. The van der Waals surface area contributed by atoms with Gasteiger partial charge in [-0.05, 0) is 33.8 Å². The summed E-state index contributed by atoms with van der Waals surface area (Å²) in [6, 6.07) is 3.32. The number of fused-ring (bicyclic) bond motifs is 1. The van der Waals surface area contributed by atoms with Crippen molar-refractivity contribution in [1.82, 2.24) is 14.9 Å². The second kappa shape index (κ2) is 8.24. The van der Waals surface area contributed by atoms with Crippen LogP contribution in [0.1, 0.15) is 33.5 Å². The maximum Gasteiger partial charge on any atom is 0.408 e. The van der Waals surface area contributed by atoms with E-state index in [0.717, 1.165) is 0 Å². The average molecular weight is 392 g/mol. The summed E-state index contributed by atoms with van der Waals surface area (Å²) < 4.78 is 12.0. The molecule has 28 heavy (non-hydrogen) atoms. The monoisotopic (exact) mass is 392 g/mol. The van der Waals surface area contributed by atoms with Gasteiger partial charge in [-0.25, -0.2) is 14.6 Å². The molecule has 0 saturated heterocycles. The first-order valence-electron chi connectivity index (χ1n) is 8.77. The maximum atomic E-state index is 12.3. The first kappa shape index (κ1) is 21.1. The van der Waals surface area contributed by atoms with E-state index in [-0.39, 0.29) is 18.7 Å². The zero-order chi connectivity index (χ0) is 21.1. The van der Waals surface area contributed by atoms with Crippen molar-refractivity contribution in [3.05, 3.63) is 34.1 Å². The molecule has 1 aromatic heterocycles. The number of aryl methyl sites for hydroxylation is 1. The van der Waals surface area contributed by atoms with Crippen LogP contribution >= 0.6 is 0 Å². The lowest BCUT2D eigenvalue weighted by atomic mass is 10.2. The van der Waals surface area contributed by atoms with Crippen molar-refractivity contribution in [2.24, 2.45) is 7.05 Å². The fraction of sp³-hybridized carbons (Fsp3) is 0.500. The summed E-state index contributed by atoms with van der Waals surface area (Å²) in [5.74, 6) is -0.156. The van der Waals surface area contributed by atoms with Gasteiger partial charge < -0.3 is 19.4 Å². The SMILES string of the molecule is CCOC(=O)C(Cc1nc2cc([N+](=O)[O-])ccc2n1C)NC(=O)OC(C)(C)C. The number of hydrogen-bond donors (Lipinski definition) is 1. The number of nitrogens with zero attached hydrogens (tertiary/aromatic N) is 3. The van der Waals surface area contributed by atoms with Gasteiger partial charge in [-0.15, -0.1) is 0 Å². The normalized spacial score (nSPS) is 12.5. The molecule has 10 nitrogen and oxygen atoms in total. The Bertz CT molecular complexity index is 899. The van der Waals surface area contributed by atoms with Gasteiger partial charge in [0.15, 0.2) is 0 Å². The molecule has 0 bridgehead atoms. The van der Waals surface area contributed by atoms with E-state index in [1.165, 1.54) is 12.1 Å². The zero-order valence-electron chi connectivity index (χ0n) is 16.5. The summed E-state index contributed by atoms with van der Waals surface area (Å²) in [6.45, 7) is 6.95. The Morgan fingerprint density at radius 2 is 2.04 bits per heavy atom. The van der Waals surface area contributed by atoms with E-state index in [2.05, 4.69) is 10.3 Å². The van der Waals surface area contributed by atoms with E-state index in [1.54, 1.807) is 45.4 Å². The lowest BCUT2D eigenvalue weighted by Crippen LogP contribution is -2.45. The number of hydrogen-bond acceptors (Lipinski definition) is 7. The summed E-state index contributed by atoms with van der Waals surface area (Å²) in [6.07, 6.45) is -0.711. The highest BCUT2D eigenvalue weighted by Crippen LogP contribution is 2.22. The van der Waals surface area contributed by atoms with Crippen molar-refractivity contribution in [2.75, 3.05) is 6.61 Å². The minimum absolute atomic E-state index is 0.0387. The summed E-state index contributed by atoms with van der Waals surface area (Å²) in [4.78, 5) is 39.2. The van der Waals surface area contributed by atoms with Gasteiger partial charge in [-0.1, -0.05) is 0 Å². The lowest BCUT2D eigenvalue weighted by Gasteiger charge is -2.22. The van der Waals surface area contributed by atoms with Crippen LogP contribution in [0.25, 0.3) is 11.0 Å². The molecule has 152 valence electrons. The Labute approximate surface area is 162 Å². The fourth-order valence-electron chi connectivity index (χ4n) is 2.60. The molecule has 2 aromatic rings. The van der Waals surface area contributed by atoms with Crippen molar-refractivity contribution in [1.29, 1.82) is 0 Å². The largest absolute Gasteiger partial charge is 0.464 e. The van der Waals surface area contributed by atoms with Crippen molar-refractivity contribution in [3.8, 4) is 0 Å². The highest BCUT2D eigenvalue weighted by Gasteiger charge is 2.27. The van der Waals surface area contributed by atoms with Crippen molar-refractivity contribution in [3.63, 3.8) is 0 Å². The van der Waals surface area contributed by atoms with Gasteiger partial charge in [0, 0.05) is 25.6 Å². The minimum Gasteiger partial charge on any atom is -0.464 e. The van der Waals surface area contributed by atoms with Crippen LogP contribution in [0.5, 0.6) is 0 Å². The number of amides is 1.